The van der Waals surface area contributed by atoms with Gasteiger partial charge in [-0.2, -0.15) is 5.26 Å². The molecule has 1 N–H and O–H groups in total. The van der Waals surface area contributed by atoms with E-state index in [4.69, 9.17) is 10.4 Å². The minimum Gasteiger partial charge on any atom is -0.481 e. The number of rotatable bonds is 4. The summed E-state index contributed by atoms with van der Waals surface area (Å²) in [7, 11) is 0. The average Bonchev–Trinajstić information content (AvgIpc) is 2.67. The number of nitrogens with zero attached hydrogens (tertiary/aromatic N) is 1. The number of hydrogen-bond donors (Lipinski definition) is 1. The molecule has 1 fully saturated rings. The molecule has 15 heavy (non-hydrogen) atoms. The van der Waals surface area contributed by atoms with Crippen LogP contribution in [0, 0.1) is 28.6 Å². The van der Waals surface area contributed by atoms with Gasteiger partial charge >= 0.3 is 5.97 Å². The second-order valence-corrected chi connectivity index (χ2v) is 5.54. The van der Waals surface area contributed by atoms with Crippen LogP contribution in [-0.2, 0) is 4.79 Å². The molecule has 0 heterocycles. The Morgan fingerprint density at radius 1 is 1.67 bits per heavy atom. The van der Waals surface area contributed by atoms with Gasteiger partial charge in [0.2, 0.25) is 0 Å². The van der Waals surface area contributed by atoms with Crippen LogP contribution in [0.25, 0.3) is 0 Å². The standard InChI is InChI=1S/C11H15NO2S/c1-4-15-7(6-12)5-8-9(10(13)14)11(8,2)3/h5,8-9H,4H2,1-3H3,(H,13,14)/t8-,9+/m1/s1. The summed E-state index contributed by atoms with van der Waals surface area (Å²) >= 11 is 1.47. The normalized spacial score (nSPS) is 28.3. The van der Waals surface area contributed by atoms with E-state index in [-0.39, 0.29) is 17.3 Å². The van der Waals surface area contributed by atoms with Crippen molar-refractivity contribution in [2.24, 2.45) is 17.3 Å². The van der Waals surface area contributed by atoms with E-state index < -0.39 is 5.97 Å². The Balaban J connectivity index is 2.76. The van der Waals surface area contributed by atoms with E-state index in [0.717, 1.165) is 5.75 Å². The first-order chi connectivity index (χ1) is 6.95. The van der Waals surface area contributed by atoms with E-state index in [0.29, 0.717) is 4.91 Å². The lowest BCUT2D eigenvalue weighted by Gasteiger charge is -1.97. The van der Waals surface area contributed by atoms with Gasteiger partial charge in [0.1, 0.15) is 6.07 Å². The largest absolute Gasteiger partial charge is 0.481 e. The summed E-state index contributed by atoms with van der Waals surface area (Å²) in [6.07, 6.45) is 1.81. The number of aliphatic carboxylic acids is 1. The molecule has 0 unspecified atom stereocenters. The minimum absolute atomic E-state index is 0.00343. The van der Waals surface area contributed by atoms with Crippen LogP contribution in [0.2, 0.25) is 0 Å². The van der Waals surface area contributed by atoms with Gasteiger partial charge in [0.25, 0.3) is 0 Å². The Labute approximate surface area is 94.2 Å². The molecule has 0 bridgehead atoms. The molecule has 0 saturated heterocycles. The Bertz CT molecular complexity index is 341. The Morgan fingerprint density at radius 3 is 2.60 bits per heavy atom. The topological polar surface area (TPSA) is 61.1 Å². The highest BCUT2D eigenvalue weighted by Crippen LogP contribution is 2.59. The van der Waals surface area contributed by atoms with Crippen molar-refractivity contribution in [3.63, 3.8) is 0 Å². The number of thioether (sulfide) groups is 1. The molecule has 1 aliphatic rings. The first-order valence-electron chi connectivity index (χ1n) is 4.92. The fourth-order valence-electron chi connectivity index (χ4n) is 1.90. The molecule has 1 saturated carbocycles. The smallest absolute Gasteiger partial charge is 0.307 e. The minimum atomic E-state index is -0.764. The van der Waals surface area contributed by atoms with Crippen LogP contribution < -0.4 is 0 Å². The molecule has 0 spiro atoms. The van der Waals surface area contributed by atoms with Crippen molar-refractivity contribution in [3.05, 3.63) is 11.0 Å². The molecular formula is C11H15NO2S. The number of carbonyl (C=O) groups is 1. The van der Waals surface area contributed by atoms with Gasteiger partial charge in [-0.25, -0.2) is 0 Å². The van der Waals surface area contributed by atoms with E-state index in [9.17, 15) is 4.79 Å². The van der Waals surface area contributed by atoms with Crippen LogP contribution in [0.4, 0.5) is 0 Å². The van der Waals surface area contributed by atoms with Gasteiger partial charge in [0, 0.05) is 0 Å². The Kier molecular flexibility index (Phi) is 3.46. The number of carboxylic acids is 1. The summed E-state index contributed by atoms with van der Waals surface area (Å²) in [4.78, 5) is 11.5. The van der Waals surface area contributed by atoms with Gasteiger partial charge in [-0.1, -0.05) is 26.8 Å². The van der Waals surface area contributed by atoms with Crippen LogP contribution in [0.3, 0.4) is 0 Å². The predicted molar refractivity (Wildman–Crippen MR) is 60.2 cm³/mol. The first kappa shape index (κ1) is 12.1. The van der Waals surface area contributed by atoms with Crippen LogP contribution in [-0.4, -0.2) is 16.8 Å². The molecule has 2 atom stereocenters. The summed E-state index contributed by atoms with van der Waals surface area (Å²) in [6, 6.07) is 2.10. The van der Waals surface area contributed by atoms with E-state index in [1.54, 1.807) is 0 Å². The van der Waals surface area contributed by atoms with Crippen molar-refractivity contribution in [1.82, 2.24) is 0 Å². The summed E-state index contributed by atoms with van der Waals surface area (Å²) in [5.41, 5.74) is -0.206. The highest BCUT2D eigenvalue weighted by atomic mass is 32.2. The van der Waals surface area contributed by atoms with Crippen LogP contribution in [0.5, 0.6) is 0 Å². The SMILES string of the molecule is CCSC(C#N)=C[C@@H]1[C@@H](C(=O)O)C1(C)C. The van der Waals surface area contributed by atoms with Crippen LogP contribution >= 0.6 is 11.8 Å². The predicted octanol–water partition coefficient (Wildman–Crippen LogP) is 2.50. The average molecular weight is 225 g/mol. The van der Waals surface area contributed by atoms with Crippen molar-refractivity contribution in [3.8, 4) is 6.07 Å². The molecular weight excluding hydrogens is 210 g/mol. The molecule has 0 aromatic heterocycles. The molecule has 1 rings (SSSR count). The lowest BCUT2D eigenvalue weighted by atomic mass is 10.1. The summed E-state index contributed by atoms with van der Waals surface area (Å²) in [6.45, 7) is 5.83. The van der Waals surface area contributed by atoms with Crippen LogP contribution in [0.15, 0.2) is 11.0 Å². The van der Waals surface area contributed by atoms with Gasteiger partial charge in [-0.3, -0.25) is 4.79 Å². The molecule has 0 aromatic carbocycles. The molecule has 0 aromatic rings. The van der Waals surface area contributed by atoms with Gasteiger partial charge in [-0.15, -0.1) is 11.8 Å². The second-order valence-electron chi connectivity index (χ2n) is 4.24. The number of allylic oxidation sites excluding steroid dienone is 2. The van der Waals surface area contributed by atoms with Gasteiger partial charge in [0.15, 0.2) is 0 Å². The molecule has 1 aliphatic carbocycles. The maximum Gasteiger partial charge on any atom is 0.307 e. The highest BCUT2D eigenvalue weighted by molar-refractivity contribution is 8.03. The van der Waals surface area contributed by atoms with Gasteiger partial charge in [-0.05, 0) is 17.1 Å². The van der Waals surface area contributed by atoms with E-state index in [1.807, 2.05) is 26.8 Å². The highest BCUT2D eigenvalue weighted by Gasteiger charge is 2.61. The van der Waals surface area contributed by atoms with E-state index in [1.165, 1.54) is 11.8 Å². The fraction of sp³-hybridized carbons (Fsp3) is 0.636. The van der Waals surface area contributed by atoms with Crippen molar-refractivity contribution in [2.75, 3.05) is 5.75 Å². The van der Waals surface area contributed by atoms with Crippen molar-refractivity contribution in [2.45, 2.75) is 20.8 Å². The Morgan fingerprint density at radius 2 is 2.27 bits per heavy atom. The summed E-state index contributed by atoms with van der Waals surface area (Å²) in [5, 5.41) is 17.8. The summed E-state index contributed by atoms with van der Waals surface area (Å²) < 4.78 is 0. The zero-order chi connectivity index (χ0) is 11.6. The number of nitriles is 1. The lowest BCUT2D eigenvalue weighted by molar-refractivity contribution is -0.139. The van der Waals surface area contributed by atoms with E-state index >= 15 is 0 Å². The van der Waals surface area contributed by atoms with Crippen molar-refractivity contribution >= 4 is 17.7 Å². The van der Waals surface area contributed by atoms with Crippen LogP contribution in [0.1, 0.15) is 20.8 Å². The third-order valence-corrected chi connectivity index (χ3v) is 3.74. The molecule has 0 amide bonds. The third kappa shape index (κ3) is 2.35. The fourth-order valence-corrected chi connectivity index (χ4v) is 2.52. The summed E-state index contributed by atoms with van der Waals surface area (Å²) in [5.74, 6) is -0.258. The maximum atomic E-state index is 10.9. The zero-order valence-electron chi connectivity index (χ0n) is 9.15. The Hall–Kier alpha value is -0.950. The van der Waals surface area contributed by atoms with Crippen molar-refractivity contribution in [1.29, 1.82) is 5.26 Å². The third-order valence-electron chi connectivity index (χ3n) is 2.92. The monoisotopic (exact) mass is 225 g/mol. The maximum absolute atomic E-state index is 10.9. The molecule has 0 aliphatic heterocycles. The molecule has 4 heteroatoms. The lowest BCUT2D eigenvalue weighted by Crippen LogP contribution is -2.03. The van der Waals surface area contributed by atoms with Gasteiger partial charge < -0.3 is 5.11 Å². The number of carboxylic acid groups (broad SMARTS) is 1. The van der Waals surface area contributed by atoms with Crippen molar-refractivity contribution < 1.29 is 9.90 Å². The van der Waals surface area contributed by atoms with E-state index in [2.05, 4.69) is 6.07 Å². The quantitative estimate of drug-likeness (QED) is 0.747. The molecule has 0 radical (unpaired) electrons. The first-order valence-corrected chi connectivity index (χ1v) is 5.91. The zero-order valence-corrected chi connectivity index (χ0v) is 9.97. The molecule has 82 valence electrons. The van der Waals surface area contributed by atoms with Gasteiger partial charge in [0.05, 0.1) is 10.8 Å². The second kappa shape index (κ2) is 4.28. The molecule has 3 nitrogen and oxygen atoms in total. The number of hydrogen-bond acceptors (Lipinski definition) is 3.